The summed E-state index contributed by atoms with van der Waals surface area (Å²) in [5, 5.41) is 3.22. The number of carbonyl (C=O) groups excluding carboxylic acids is 3. The molecule has 9 heteroatoms. The number of carbonyl (C=O) groups is 3. The van der Waals surface area contributed by atoms with E-state index >= 15 is 0 Å². The van der Waals surface area contributed by atoms with Gasteiger partial charge in [0.15, 0.2) is 0 Å². The molecule has 2 aromatic carbocycles. The molecule has 1 N–H and O–H groups in total. The molecule has 1 amide bonds. The van der Waals surface area contributed by atoms with E-state index in [1.54, 1.807) is 0 Å². The molecule has 0 spiro atoms. The molecule has 7 rings (SSSR count). The predicted octanol–water partition coefficient (Wildman–Crippen LogP) is 7.27. The van der Waals surface area contributed by atoms with Crippen LogP contribution in [0.3, 0.4) is 0 Å². The van der Waals surface area contributed by atoms with Crippen LogP contribution in [0.1, 0.15) is 111 Å². The maximum absolute atomic E-state index is 14.1. The zero-order chi connectivity index (χ0) is 35.3. The third kappa shape index (κ3) is 7.21. The van der Waals surface area contributed by atoms with Crippen LogP contribution in [0.5, 0.6) is 0 Å². The summed E-state index contributed by atoms with van der Waals surface area (Å²) in [5.74, 6) is -1.17. The normalized spacial score (nSPS) is 26.2. The van der Waals surface area contributed by atoms with Crippen molar-refractivity contribution in [3.8, 4) is 11.1 Å². The van der Waals surface area contributed by atoms with Gasteiger partial charge in [-0.3, -0.25) is 14.4 Å². The number of hydrogen-bond acceptors (Lipinski definition) is 7. The minimum atomic E-state index is -0.788. The molecule has 0 aromatic heterocycles. The molecule has 0 unspecified atom stereocenters. The van der Waals surface area contributed by atoms with Gasteiger partial charge in [-0.15, -0.1) is 0 Å². The van der Waals surface area contributed by atoms with Gasteiger partial charge in [-0.05, 0) is 98.8 Å². The largest absolute Gasteiger partial charge is 0.481 e. The summed E-state index contributed by atoms with van der Waals surface area (Å²) in [7, 11) is -0.586. The van der Waals surface area contributed by atoms with E-state index in [-0.39, 0.29) is 55.1 Å². The molecule has 1 heterocycles. The first-order valence-corrected chi connectivity index (χ1v) is 18.3. The lowest BCUT2D eigenvalue weighted by molar-refractivity contribution is -0.199. The summed E-state index contributed by atoms with van der Waals surface area (Å²) in [6.45, 7) is 16.7. The first-order valence-electron chi connectivity index (χ1n) is 18.3. The van der Waals surface area contributed by atoms with Crippen molar-refractivity contribution in [3.63, 3.8) is 0 Å². The molecule has 4 fully saturated rings. The highest BCUT2D eigenvalue weighted by Gasteiger charge is 2.68. The van der Waals surface area contributed by atoms with E-state index in [9.17, 15) is 14.4 Å². The highest BCUT2D eigenvalue weighted by Crippen LogP contribution is 2.65. The quantitative estimate of drug-likeness (QED) is 0.187. The van der Waals surface area contributed by atoms with Gasteiger partial charge >= 0.3 is 19.1 Å². The Hall–Kier alpha value is -3.17. The van der Waals surface area contributed by atoms with Crippen LogP contribution in [-0.4, -0.2) is 54.8 Å². The van der Waals surface area contributed by atoms with Crippen molar-refractivity contribution in [1.82, 2.24) is 5.32 Å². The fourth-order valence-electron chi connectivity index (χ4n) is 9.00. The van der Waals surface area contributed by atoms with Crippen molar-refractivity contribution in [2.24, 2.45) is 29.1 Å². The molecule has 4 aliphatic carbocycles. The topological polar surface area (TPSA) is 100 Å². The van der Waals surface area contributed by atoms with Crippen molar-refractivity contribution < 1.29 is 33.2 Å². The second-order valence-electron chi connectivity index (χ2n) is 17.0. The number of rotatable bonds is 12. The van der Waals surface area contributed by atoms with Gasteiger partial charge in [0.25, 0.3) is 0 Å². The molecular weight excluding hydrogens is 617 g/mol. The summed E-state index contributed by atoms with van der Waals surface area (Å²) in [6, 6.07) is 16.4. The third-order valence-electron chi connectivity index (χ3n) is 11.6. The highest BCUT2D eigenvalue weighted by atomic mass is 16.7. The third-order valence-corrected chi connectivity index (χ3v) is 11.6. The Morgan fingerprint density at radius 1 is 0.959 bits per heavy atom. The number of benzene rings is 2. The van der Waals surface area contributed by atoms with Crippen LogP contribution in [0.15, 0.2) is 48.5 Å². The van der Waals surface area contributed by atoms with E-state index in [4.69, 9.17) is 18.8 Å². The minimum absolute atomic E-state index is 0.00951. The van der Waals surface area contributed by atoms with Gasteiger partial charge in [0.2, 0.25) is 5.91 Å². The molecule has 5 aliphatic rings. The second-order valence-corrected chi connectivity index (χ2v) is 17.0. The molecular formula is C40H54BNO7. The van der Waals surface area contributed by atoms with Crippen molar-refractivity contribution in [2.75, 3.05) is 6.61 Å². The molecule has 2 bridgehead atoms. The fraction of sp³-hybridized carbons (Fsp3) is 0.625. The Morgan fingerprint density at radius 3 is 2.18 bits per heavy atom. The maximum atomic E-state index is 14.1. The van der Waals surface area contributed by atoms with E-state index in [0.717, 1.165) is 35.1 Å². The van der Waals surface area contributed by atoms with Gasteiger partial charge in [-0.1, -0.05) is 76.2 Å². The summed E-state index contributed by atoms with van der Waals surface area (Å²) in [4.78, 5) is 40.3. The number of nitrogens with one attached hydrogen (secondary N) is 1. The SMILES string of the molecule is CC(C)C[C@H](NC(=O)[C@H](CCC(=O)OC(C)(C)C)CC(=O)OCC1c2ccccc2-c2ccccc21)B1O[C@@H]2C[C@@H]3C[C@@H](C3(C)C)[C@]2(C)O1. The van der Waals surface area contributed by atoms with Crippen LogP contribution >= 0.6 is 0 Å². The Labute approximate surface area is 292 Å². The van der Waals surface area contributed by atoms with Gasteiger partial charge in [-0.25, -0.2) is 0 Å². The lowest BCUT2D eigenvalue weighted by Gasteiger charge is -2.64. The summed E-state index contributed by atoms with van der Waals surface area (Å²) >= 11 is 0. The number of hydrogen-bond donors (Lipinski definition) is 1. The number of ether oxygens (including phenoxy) is 2. The Bertz CT molecular complexity index is 1520. The van der Waals surface area contributed by atoms with Crippen LogP contribution in [0.25, 0.3) is 11.1 Å². The molecule has 6 atom stereocenters. The van der Waals surface area contributed by atoms with Crippen LogP contribution in [0.4, 0.5) is 0 Å². The maximum Gasteiger partial charge on any atom is 0.481 e. The smallest absolute Gasteiger partial charge is 0.465 e. The van der Waals surface area contributed by atoms with Gasteiger partial charge in [0.1, 0.15) is 12.2 Å². The number of amides is 1. The van der Waals surface area contributed by atoms with E-state index in [0.29, 0.717) is 18.3 Å². The highest BCUT2D eigenvalue weighted by molar-refractivity contribution is 6.47. The summed E-state index contributed by atoms with van der Waals surface area (Å²) in [5.41, 5.74) is 3.70. The van der Waals surface area contributed by atoms with Crippen LogP contribution < -0.4 is 5.32 Å². The standard InChI is InChI=1S/C40H54BNO7/c1-24(2)19-34(41-48-33-22-26-21-32(39(26,6)7)40(33,8)49-41)42-37(45)25(17-18-35(43)47-38(3,4)5)20-36(44)46-23-31-29-15-11-9-13-27(29)28-14-10-12-16-30(28)31/h9-16,24-26,31-34H,17-23H2,1-8H3,(H,42,45)/t25-,26+,32+,33-,34+,40+/m1/s1. The fourth-order valence-corrected chi connectivity index (χ4v) is 9.00. The van der Waals surface area contributed by atoms with Gasteiger partial charge in [-0.2, -0.15) is 0 Å². The lowest BCUT2D eigenvalue weighted by atomic mass is 9.43. The molecule has 1 aliphatic heterocycles. The number of fused-ring (bicyclic) bond motifs is 3. The molecule has 0 radical (unpaired) electrons. The second kappa shape index (κ2) is 13.5. The van der Waals surface area contributed by atoms with Crippen molar-refractivity contribution in [1.29, 1.82) is 0 Å². The molecule has 2 aromatic rings. The van der Waals surface area contributed by atoms with Gasteiger partial charge < -0.3 is 24.1 Å². The molecule has 1 saturated heterocycles. The molecule has 264 valence electrons. The van der Waals surface area contributed by atoms with Crippen LogP contribution in [0, 0.1) is 29.1 Å². The zero-order valence-corrected chi connectivity index (χ0v) is 30.5. The van der Waals surface area contributed by atoms with E-state index < -0.39 is 42.1 Å². The van der Waals surface area contributed by atoms with Gasteiger partial charge in [0.05, 0.1) is 24.1 Å². The van der Waals surface area contributed by atoms with E-state index in [2.05, 4.69) is 64.2 Å². The molecule has 8 nitrogen and oxygen atoms in total. The molecule has 49 heavy (non-hydrogen) atoms. The zero-order valence-electron chi connectivity index (χ0n) is 30.5. The average Bonchev–Trinajstić information content (AvgIpc) is 3.55. The first-order chi connectivity index (χ1) is 23.1. The lowest BCUT2D eigenvalue weighted by Crippen LogP contribution is -2.65. The molecule has 3 saturated carbocycles. The Morgan fingerprint density at radius 2 is 1.59 bits per heavy atom. The average molecular weight is 672 g/mol. The monoisotopic (exact) mass is 671 g/mol. The number of esters is 2. The summed E-state index contributed by atoms with van der Waals surface area (Å²) < 4.78 is 24.8. The van der Waals surface area contributed by atoms with Crippen LogP contribution in [0.2, 0.25) is 0 Å². The minimum Gasteiger partial charge on any atom is -0.465 e. The Balaban J connectivity index is 1.15. The van der Waals surface area contributed by atoms with E-state index in [1.807, 2.05) is 45.0 Å². The van der Waals surface area contributed by atoms with E-state index in [1.165, 1.54) is 0 Å². The Kier molecular flexibility index (Phi) is 9.84. The van der Waals surface area contributed by atoms with Crippen LogP contribution in [-0.2, 0) is 33.2 Å². The first kappa shape index (κ1) is 35.7. The van der Waals surface area contributed by atoms with Gasteiger partial charge in [0, 0.05) is 18.3 Å². The van der Waals surface area contributed by atoms with Crippen molar-refractivity contribution >= 4 is 25.0 Å². The predicted molar refractivity (Wildman–Crippen MR) is 189 cm³/mol. The summed E-state index contributed by atoms with van der Waals surface area (Å²) in [6.07, 6.45) is 2.76. The van der Waals surface area contributed by atoms with Crippen molar-refractivity contribution in [3.05, 3.63) is 59.7 Å². The van der Waals surface area contributed by atoms with Crippen molar-refractivity contribution in [2.45, 2.75) is 123 Å².